The van der Waals surface area contributed by atoms with Gasteiger partial charge in [-0.1, -0.05) is 36.4 Å². The lowest BCUT2D eigenvalue weighted by Crippen LogP contribution is -2.12. The Bertz CT molecular complexity index is 984. The average Bonchev–Trinajstić information content (AvgIpc) is 2.63. The molecule has 0 aliphatic heterocycles. The summed E-state index contributed by atoms with van der Waals surface area (Å²) >= 11 is 0. The second-order valence-corrected chi connectivity index (χ2v) is 5.72. The molecular formula is C21H18O4. The van der Waals surface area contributed by atoms with Crippen LogP contribution in [-0.2, 0) is 6.42 Å². The average molecular weight is 334 g/mol. The molecule has 0 spiro atoms. The van der Waals surface area contributed by atoms with Gasteiger partial charge in [0.15, 0.2) is 12.4 Å². The number of fused-ring (bicyclic) bond motifs is 1. The van der Waals surface area contributed by atoms with Crippen molar-refractivity contribution in [2.75, 3.05) is 6.61 Å². The maximum atomic E-state index is 12.1. The molecule has 0 N–H and O–H groups in total. The van der Waals surface area contributed by atoms with Crippen molar-refractivity contribution in [3.63, 3.8) is 0 Å². The minimum absolute atomic E-state index is 0.0761. The van der Waals surface area contributed by atoms with E-state index in [0.717, 1.165) is 10.9 Å². The van der Waals surface area contributed by atoms with Crippen molar-refractivity contribution in [2.45, 2.75) is 13.3 Å². The molecule has 0 aliphatic rings. The zero-order valence-electron chi connectivity index (χ0n) is 14.0. The molecule has 0 unspecified atom stereocenters. The molecule has 3 aromatic rings. The Morgan fingerprint density at radius 3 is 2.68 bits per heavy atom. The second kappa shape index (κ2) is 7.18. The standard InChI is InChI=1S/C21H18O4/c1-3-7-18-14(2)17-11-10-16(12-20(17)25-21(18)23)24-13-19(22)15-8-5-4-6-9-15/h3-6,8-12H,1,7,13H2,2H3. The second-order valence-electron chi connectivity index (χ2n) is 5.72. The van der Waals surface area contributed by atoms with E-state index in [1.807, 2.05) is 31.2 Å². The van der Waals surface area contributed by atoms with Crippen LogP contribution in [0.25, 0.3) is 11.0 Å². The van der Waals surface area contributed by atoms with E-state index in [-0.39, 0.29) is 18.0 Å². The largest absolute Gasteiger partial charge is 0.485 e. The molecule has 0 saturated carbocycles. The minimum atomic E-state index is -0.373. The van der Waals surface area contributed by atoms with Crippen LogP contribution in [0.1, 0.15) is 21.5 Å². The molecule has 4 heteroatoms. The fourth-order valence-corrected chi connectivity index (χ4v) is 2.70. The summed E-state index contributed by atoms with van der Waals surface area (Å²) in [6.45, 7) is 5.48. The van der Waals surface area contributed by atoms with E-state index in [1.54, 1.807) is 30.3 Å². The summed E-state index contributed by atoms with van der Waals surface area (Å²) < 4.78 is 11.0. The molecule has 0 saturated heterocycles. The summed E-state index contributed by atoms with van der Waals surface area (Å²) in [7, 11) is 0. The van der Waals surface area contributed by atoms with Gasteiger partial charge in [0.2, 0.25) is 0 Å². The Balaban J connectivity index is 1.84. The number of allylic oxidation sites excluding steroid dienone is 1. The Labute approximate surface area is 145 Å². The predicted octanol–water partition coefficient (Wildman–Crippen LogP) is 4.09. The number of benzene rings is 2. The van der Waals surface area contributed by atoms with Gasteiger partial charge in [-0.25, -0.2) is 4.79 Å². The summed E-state index contributed by atoms with van der Waals surface area (Å²) in [5.74, 6) is 0.371. The van der Waals surface area contributed by atoms with E-state index < -0.39 is 0 Å². The van der Waals surface area contributed by atoms with Crippen molar-refractivity contribution in [3.05, 3.63) is 88.3 Å². The summed E-state index contributed by atoms with van der Waals surface area (Å²) in [4.78, 5) is 24.2. The minimum Gasteiger partial charge on any atom is -0.485 e. The van der Waals surface area contributed by atoms with Gasteiger partial charge >= 0.3 is 5.63 Å². The molecule has 0 aliphatic carbocycles. The van der Waals surface area contributed by atoms with E-state index >= 15 is 0 Å². The summed E-state index contributed by atoms with van der Waals surface area (Å²) in [6, 6.07) is 14.2. The highest BCUT2D eigenvalue weighted by atomic mass is 16.5. The third-order valence-electron chi connectivity index (χ3n) is 4.07. The van der Waals surface area contributed by atoms with Crippen LogP contribution in [-0.4, -0.2) is 12.4 Å². The lowest BCUT2D eigenvalue weighted by molar-refractivity contribution is 0.0921. The third-order valence-corrected chi connectivity index (χ3v) is 4.07. The summed E-state index contributed by atoms with van der Waals surface area (Å²) in [5, 5.41) is 0.846. The normalized spacial score (nSPS) is 10.6. The van der Waals surface area contributed by atoms with Crippen molar-refractivity contribution < 1.29 is 13.9 Å². The van der Waals surface area contributed by atoms with Gasteiger partial charge in [-0.2, -0.15) is 0 Å². The van der Waals surface area contributed by atoms with E-state index in [9.17, 15) is 9.59 Å². The molecule has 25 heavy (non-hydrogen) atoms. The van der Waals surface area contributed by atoms with Crippen molar-refractivity contribution in [3.8, 4) is 5.75 Å². The number of aryl methyl sites for hydroxylation is 1. The number of hydrogen-bond donors (Lipinski definition) is 0. The van der Waals surface area contributed by atoms with Gasteiger partial charge in [-0.3, -0.25) is 4.79 Å². The molecular weight excluding hydrogens is 316 g/mol. The molecule has 0 bridgehead atoms. The molecule has 4 nitrogen and oxygen atoms in total. The summed E-state index contributed by atoms with van der Waals surface area (Å²) in [5.41, 5.74) is 2.15. The predicted molar refractivity (Wildman–Crippen MR) is 97.4 cm³/mol. The van der Waals surface area contributed by atoms with E-state index in [1.165, 1.54) is 0 Å². The number of Topliss-reactive ketones (excluding diaryl/α,β-unsaturated/α-hetero) is 1. The van der Waals surface area contributed by atoms with Crippen molar-refractivity contribution in [1.82, 2.24) is 0 Å². The highest BCUT2D eigenvalue weighted by molar-refractivity contribution is 5.97. The monoisotopic (exact) mass is 334 g/mol. The van der Waals surface area contributed by atoms with E-state index in [4.69, 9.17) is 9.15 Å². The van der Waals surface area contributed by atoms with Crippen molar-refractivity contribution >= 4 is 16.8 Å². The first kappa shape index (κ1) is 16.7. The van der Waals surface area contributed by atoms with Gasteiger partial charge in [0.25, 0.3) is 0 Å². The van der Waals surface area contributed by atoms with Gasteiger partial charge in [-0.15, -0.1) is 6.58 Å². The molecule has 2 aromatic carbocycles. The van der Waals surface area contributed by atoms with Crippen molar-refractivity contribution in [2.24, 2.45) is 0 Å². The molecule has 126 valence electrons. The molecule has 0 amide bonds. The topological polar surface area (TPSA) is 56.5 Å². The fraction of sp³-hybridized carbons (Fsp3) is 0.143. The Morgan fingerprint density at radius 2 is 1.96 bits per heavy atom. The van der Waals surface area contributed by atoms with Gasteiger partial charge in [0.05, 0.1) is 0 Å². The quantitative estimate of drug-likeness (QED) is 0.387. The van der Waals surface area contributed by atoms with Crippen LogP contribution in [0.2, 0.25) is 0 Å². The first-order valence-corrected chi connectivity index (χ1v) is 7.98. The van der Waals surface area contributed by atoms with Gasteiger partial charge < -0.3 is 9.15 Å². The van der Waals surface area contributed by atoms with Crippen LogP contribution < -0.4 is 10.4 Å². The lowest BCUT2D eigenvalue weighted by Gasteiger charge is -2.09. The SMILES string of the molecule is C=CCc1c(C)c2ccc(OCC(=O)c3ccccc3)cc2oc1=O. The summed E-state index contributed by atoms with van der Waals surface area (Å²) in [6.07, 6.45) is 2.14. The number of carbonyl (C=O) groups is 1. The van der Waals surface area contributed by atoms with Crippen LogP contribution in [0.4, 0.5) is 0 Å². The van der Waals surface area contributed by atoms with E-state index in [0.29, 0.717) is 28.9 Å². The van der Waals surface area contributed by atoms with Gasteiger partial charge in [0.1, 0.15) is 11.3 Å². The maximum absolute atomic E-state index is 12.1. The number of ketones is 1. The fourth-order valence-electron chi connectivity index (χ4n) is 2.70. The van der Waals surface area contributed by atoms with Crippen molar-refractivity contribution in [1.29, 1.82) is 0 Å². The number of rotatable bonds is 6. The zero-order chi connectivity index (χ0) is 17.8. The zero-order valence-corrected chi connectivity index (χ0v) is 14.0. The van der Waals surface area contributed by atoms with Crippen LogP contribution >= 0.6 is 0 Å². The van der Waals surface area contributed by atoms with E-state index in [2.05, 4.69) is 6.58 Å². The first-order chi connectivity index (χ1) is 12.1. The lowest BCUT2D eigenvalue weighted by atomic mass is 10.0. The maximum Gasteiger partial charge on any atom is 0.340 e. The highest BCUT2D eigenvalue weighted by Crippen LogP contribution is 2.24. The van der Waals surface area contributed by atoms with Gasteiger partial charge in [0, 0.05) is 22.6 Å². The Kier molecular flexibility index (Phi) is 4.80. The Hall–Kier alpha value is -3.14. The molecule has 3 rings (SSSR count). The molecule has 1 aromatic heterocycles. The highest BCUT2D eigenvalue weighted by Gasteiger charge is 2.12. The van der Waals surface area contributed by atoms with Crippen LogP contribution in [0.3, 0.4) is 0 Å². The smallest absolute Gasteiger partial charge is 0.340 e. The third kappa shape index (κ3) is 3.53. The first-order valence-electron chi connectivity index (χ1n) is 7.98. The number of ether oxygens (including phenoxy) is 1. The number of hydrogen-bond acceptors (Lipinski definition) is 4. The Morgan fingerprint density at radius 1 is 1.20 bits per heavy atom. The molecule has 1 heterocycles. The molecule has 0 radical (unpaired) electrons. The number of carbonyl (C=O) groups excluding carboxylic acids is 1. The van der Waals surface area contributed by atoms with Crippen LogP contribution in [0.5, 0.6) is 5.75 Å². The van der Waals surface area contributed by atoms with Crippen LogP contribution in [0, 0.1) is 6.92 Å². The molecule has 0 fully saturated rings. The van der Waals surface area contributed by atoms with Crippen LogP contribution in [0.15, 0.2) is 70.4 Å². The molecule has 0 atom stereocenters. The van der Waals surface area contributed by atoms with Gasteiger partial charge in [-0.05, 0) is 31.0 Å².